The van der Waals surface area contributed by atoms with Crippen molar-refractivity contribution < 1.29 is 14.6 Å². The Morgan fingerprint density at radius 3 is 2.54 bits per heavy atom. The zero-order valence-electron chi connectivity index (χ0n) is 14.3. The highest BCUT2D eigenvalue weighted by Gasteiger charge is 2.27. The summed E-state index contributed by atoms with van der Waals surface area (Å²) in [6.45, 7) is 6.10. The normalized spacial score (nSPS) is 15.3. The molecule has 0 atom stereocenters. The van der Waals surface area contributed by atoms with Crippen LogP contribution in [-0.4, -0.2) is 17.9 Å². The average molecular weight is 323 g/mol. The van der Waals surface area contributed by atoms with Crippen molar-refractivity contribution in [2.75, 3.05) is 12.4 Å². The first kappa shape index (κ1) is 16.1. The van der Waals surface area contributed by atoms with E-state index in [1.165, 1.54) is 0 Å². The van der Waals surface area contributed by atoms with E-state index in [0.717, 1.165) is 16.8 Å². The van der Waals surface area contributed by atoms with Gasteiger partial charge in [-0.1, -0.05) is 26.8 Å². The number of nitrogens with one attached hydrogen (secondary N) is 1. The highest BCUT2D eigenvalue weighted by atomic mass is 16.5. The second-order valence-corrected chi connectivity index (χ2v) is 6.93. The Bertz CT molecular complexity index is 844. The second-order valence-electron chi connectivity index (χ2n) is 6.93. The number of anilines is 1. The summed E-state index contributed by atoms with van der Waals surface area (Å²) in [5.41, 5.74) is 2.92. The van der Waals surface area contributed by atoms with Crippen LogP contribution in [0.15, 0.2) is 42.2 Å². The van der Waals surface area contributed by atoms with E-state index in [1.54, 1.807) is 24.3 Å². The number of hydrogen-bond acceptors (Lipinski definition) is 4. The molecular formula is C20H21NO3. The number of hydrogen-bond donors (Lipinski definition) is 2. The fourth-order valence-corrected chi connectivity index (χ4v) is 2.74. The second kappa shape index (κ2) is 5.71. The molecule has 0 bridgehead atoms. The Labute approximate surface area is 141 Å². The standard InChI is InChI=1S/C20H21NO3/c1-20(2,3)15-9-12(5-8-16(15)22)10-18-19(23)14-7-6-13(21-4)11-17(14)24-18/h5-11,21-22H,1-4H3. The van der Waals surface area contributed by atoms with Gasteiger partial charge in [0, 0.05) is 18.8 Å². The van der Waals surface area contributed by atoms with E-state index in [2.05, 4.69) is 5.32 Å². The molecule has 2 aromatic carbocycles. The Balaban J connectivity index is 1.98. The summed E-state index contributed by atoms with van der Waals surface area (Å²) >= 11 is 0. The summed E-state index contributed by atoms with van der Waals surface area (Å²) < 4.78 is 5.73. The first-order chi connectivity index (χ1) is 11.3. The number of Topliss-reactive ketones (excluding diaryl/α,β-unsaturated/α-hetero) is 1. The van der Waals surface area contributed by atoms with Crippen LogP contribution in [-0.2, 0) is 5.41 Å². The number of carbonyl (C=O) groups is 1. The predicted molar refractivity (Wildman–Crippen MR) is 95.7 cm³/mol. The van der Waals surface area contributed by atoms with E-state index in [-0.39, 0.29) is 16.9 Å². The van der Waals surface area contributed by atoms with Crippen LogP contribution in [0.2, 0.25) is 0 Å². The molecule has 4 nitrogen and oxygen atoms in total. The van der Waals surface area contributed by atoms with Crippen LogP contribution in [0.4, 0.5) is 5.69 Å². The third-order valence-electron chi connectivity index (χ3n) is 4.09. The zero-order valence-corrected chi connectivity index (χ0v) is 14.3. The van der Waals surface area contributed by atoms with Gasteiger partial charge in [-0.25, -0.2) is 0 Å². The topological polar surface area (TPSA) is 58.6 Å². The minimum Gasteiger partial charge on any atom is -0.508 e. The Morgan fingerprint density at radius 1 is 1.12 bits per heavy atom. The molecule has 0 aromatic heterocycles. The molecular weight excluding hydrogens is 302 g/mol. The van der Waals surface area contributed by atoms with Crippen LogP contribution in [0.3, 0.4) is 0 Å². The third kappa shape index (κ3) is 2.87. The lowest BCUT2D eigenvalue weighted by atomic mass is 9.85. The van der Waals surface area contributed by atoms with E-state index in [9.17, 15) is 9.90 Å². The van der Waals surface area contributed by atoms with E-state index in [0.29, 0.717) is 17.1 Å². The average Bonchev–Trinajstić information content (AvgIpc) is 2.83. The maximum atomic E-state index is 12.5. The molecule has 0 unspecified atom stereocenters. The van der Waals surface area contributed by atoms with Crippen LogP contribution >= 0.6 is 0 Å². The Morgan fingerprint density at radius 2 is 1.88 bits per heavy atom. The van der Waals surface area contributed by atoms with Gasteiger partial charge in [-0.15, -0.1) is 0 Å². The number of ether oxygens (including phenoxy) is 1. The number of ketones is 1. The summed E-state index contributed by atoms with van der Waals surface area (Å²) in [6, 6.07) is 10.7. The molecule has 1 aliphatic rings. The lowest BCUT2D eigenvalue weighted by Crippen LogP contribution is -2.11. The van der Waals surface area contributed by atoms with E-state index in [1.807, 2.05) is 46.0 Å². The van der Waals surface area contributed by atoms with Gasteiger partial charge in [0.15, 0.2) is 5.76 Å². The van der Waals surface area contributed by atoms with Gasteiger partial charge < -0.3 is 15.2 Å². The van der Waals surface area contributed by atoms with Gasteiger partial charge >= 0.3 is 0 Å². The molecule has 0 amide bonds. The summed E-state index contributed by atoms with van der Waals surface area (Å²) in [5, 5.41) is 13.1. The van der Waals surface area contributed by atoms with Crippen molar-refractivity contribution in [3.8, 4) is 11.5 Å². The zero-order chi connectivity index (χ0) is 17.5. The van der Waals surface area contributed by atoms with E-state index in [4.69, 9.17) is 4.74 Å². The number of fused-ring (bicyclic) bond motifs is 1. The van der Waals surface area contributed by atoms with Gasteiger partial charge in [-0.2, -0.15) is 0 Å². The summed E-state index contributed by atoms with van der Waals surface area (Å²) in [7, 11) is 1.82. The Kier molecular flexibility index (Phi) is 3.84. The van der Waals surface area contributed by atoms with Crippen LogP contribution in [0, 0.1) is 0 Å². The molecule has 3 rings (SSSR count). The lowest BCUT2D eigenvalue weighted by Gasteiger charge is -2.20. The first-order valence-corrected chi connectivity index (χ1v) is 7.89. The SMILES string of the molecule is CNc1ccc2c(c1)OC(=Cc1ccc(O)c(C(C)(C)C)c1)C2=O. The third-order valence-corrected chi connectivity index (χ3v) is 4.09. The molecule has 1 heterocycles. The van der Waals surface area contributed by atoms with Crippen LogP contribution < -0.4 is 10.1 Å². The van der Waals surface area contributed by atoms with Crippen molar-refractivity contribution in [3.63, 3.8) is 0 Å². The number of carbonyl (C=O) groups excluding carboxylic acids is 1. The fourth-order valence-electron chi connectivity index (χ4n) is 2.74. The van der Waals surface area contributed by atoms with Gasteiger partial charge in [0.05, 0.1) is 5.56 Å². The largest absolute Gasteiger partial charge is 0.508 e. The number of benzene rings is 2. The number of rotatable bonds is 2. The summed E-state index contributed by atoms with van der Waals surface area (Å²) in [4.78, 5) is 12.5. The fraction of sp³-hybridized carbons (Fsp3) is 0.250. The molecule has 0 aliphatic carbocycles. The van der Waals surface area contributed by atoms with Crippen molar-refractivity contribution >= 4 is 17.5 Å². The van der Waals surface area contributed by atoms with Crippen LogP contribution in [0.25, 0.3) is 6.08 Å². The summed E-state index contributed by atoms with van der Waals surface area (Å²) in [5.74, 6) is 0.986. The number of allylic oxidation sites excluding steroid dienone is 1. The Hall–Kier alpha value is -2.75. The van der Waals surface area contributed by atoms with Crippen molar-refractivity contribution in [1.29, 1.82) is 0 Å². The van der Waals surface area contributed by atoms with Crippen LogP contribution in [0.1, 0.15) is 42.3 Å². The van der Waals surface area contributed by atoms with E-state index < -0.39 is 0 Å². The molecule has 24 heavy (non-hydrogen) atoms. The van der Waals surface area contributed by atoms with Gasteiger partial charge in [0.2, 0.25) is 5.78 Å². The van der Waals surface area contributed by atoms with Crippen molar-refractivity contribution in [2.45, 2.75) is 26.2 Å². The first-order valence-electron chi connectivity index (χ1n) is 7.89. The molecule has 2 N–H and O–H groups in total. The highest BCUT2D eigenvalue weighted by molar-refractivity contribution is 6.14. The van der Waals surface area contributed by atoms with Crippen LogP contribution in [0.5, 0.6) is 11.5 Å². The minimum absolute atomic E-state index is 0.127. The van der Waals surface area contributed by atoms with E-state index >= 15 is 0 Å². The highest BCUT2D eigenvalue weighted by Crippen LogP contribution is 2.35. The molecule has 2 aromatic rings. The van der Waals surface area contributed by atoms with Crippen molar-refractivity contribution in [1.82, 2.24) is 0 Å². The molecule has 0 saturated carbocycles. The smallest absolute Gasteiger partial charge is 0.231 e. The molecule has 0 spiro atoms. The predicted octanol–water partition coefficient (Wildman–Crippen LogP) is 4.35. The molecule has 0 fully saturated rings. The number of phenols is 1. The molecule has 0 saturated heterocycles. The maximum Gasteiger partial charge on any atom is 0.231 e. The van der Waals surface area contributed by atoms with Crippen molar-refractivity contribution in [3.05, 3.63) is 58.8 Å². The molecule has 124 valence electrons. The molecule has 0 radical (unpaired) electrons. The number of aromatic hydroxyl groups is 1. The minimum atomic E-state index is -0.191. The molecule has 4 heteroatoms. The van der Waals surface area contributed by atoms with Gasteiger partial charge in [0.25, 0.3) is 0 Å². The quantitative estimate of drug-likeness (QED) is 0.807. The van der Waals surface area contributed by atoms with Crippen molar-refractivity contribution in [2.24, 2.45) is 0 Å². The number of phenolic OH excluding ortho intramolecular Hbond substituents is 1. The lowest BCUT2D eigenvalue weighted by molar-refractivity contribution is 0.101. The monoisotopic (exact) mass is 323 g/mol. The van der Waals surface area contributed by atoms with Gasteiger partial charge in [0.1, 0.15) is 11.5 Å². The van der Waals surface area contributed by atoms with Gasteiger partial charge in [-0.05, 0) is 46.9 Å². The maximum absolute atomic E-state index is 12.5. The summed E-state index contributed by atoms with van der Waals surface area (Å²) in [6.07, 6.45) is 1.72. The molecule has 1 aliphatic heterocycles. The van der Waals surface area contributed by atoms with Gasteiger partial charge in [-0.3, -0.25) is 4.79 Å².